The van der Waals surface area contributed by atoms with E-state index in [1.54, 1.807) is 18.2 Å². The number of hydrogen-bond acceptors (Lipinski definition) is 5. The number of thioether (sulfide) groups is 1. The van der Waals surface area contributed by atoms with Gasteiger partial charge in [-0.05, 0) is 42.1 Å². The third-order valence-electron chi connectivity index (χ3n) is 3.38. The molecule has 0 saturated carbocycles. The van der Waals surface area contributed by atoms with Crippen LogP contribution >= 0.6 is 47.2 Å². The van der Waals surface area contributed by atoms with Gasteiger partial charge < -0.3 is 4.74 Å². The van der Waals surface area contributed by atoms with Crippen molar-refractivity contribution in [1.29, 1.82) is 0 Å². The molecule has 1 aliphatic heterocycles. The van der Waals surface area contributed by atoms with E-state index in [4.69, 9.17) is 40.2 Å². The average Bonchev–Trinajstić information content (AvgIpc) is 2.89. The molecule has 2 aromatic rings. The molecule has 1 saturated heterocycles. The van der Waals surface area contributed by atoms with Gasteiger partial charge in [0.15, 0.2) is 10.9 Å². The summed E-state index contributed by atoms with van der Waals surface area (Å²) in [4.78, 5) is 25.0. The number of benzene rings is 2. The second-order valence-electron chi connectivity index (χ2n) is 5.33. The van der Waals surface area contributed by atoms with E-state index in [0.29, 0.717) is 15.7 Å². The maximum absolute atomic E-state index is 12.5. The molecule has 1 aliphatic rings. The van der Waals surface area contributed by atoms with Crippen LogP contribution in [0.25, 0.3) is 6.08 Å². The SMILES string of the molecule is O=C(COc1ccc(Cl)cc1Cl)NN1C(=O)/C(=C/c2ccccc2)SC1=S. The van der Waals surface area contributed by atoms with E-state index in [-0.39, 0.29) is 16.0 Å². The molecule has 3 rings (SSSR count). The molecule has 1 fully saturated rings. The second-order valence-corrected chi connectivity index (χ2v) is 7.85. The highest BCUT2D eigenvalue weighted by Gasteiger charge is 2.33. The molecule has 138 valence electrons. The lowest BCUT2D eigenvalue weighted by atomic mass is 10.2. The van der Waals surface area contributed by atoms with Crippen molar-refractivity contribution in [3.8, 4) is 5.75 Å². The van der Waals surface area contributed by atoms with Gasteiger partial charge >= 0.3 is 0 Å². The van der Waals surface area contributed by atoms with Crippen LogP contribution in [0.4, 0.5) is 0 Å². The van der Waals surface area contributed by atoms with E-state index in [9.17, 15) is 9.59 Å². The minimum absolute atomic E-state index is 0.236. The van der Waals surface area contributed by atoms with Crippen LogP contribution < -0.4 is 10.2 Å². The summed E-state index contributed by atoms with van der Waals surface area (Å²) in [5, 5.41) is 1.77. The number of hydrazine groups is 1. The normalized spacial score (nSPS) is 15.3. The van der Waals surface area contributed by atoms with E-state index in [0.717, 1.165) is 22.3 Å². The topological polar surface area (TPSA) is 58.6 Å². The van der Waals surface area contributed by atoms with Crippen LogP contribution in [0.15, 0.2) is 53.4 Å². The molecule has 9 heteroatoms. The van der Waals surface area contributed by atoms with Gasteiger partial charge in [0.2, 0.25) is 0 Å². The van der Waals surface area contributed by atoms with E-state index >= 15 is 0 Å². The highest BCUT2D eigenvalue weighted by molar-refractivity contribution is 8.26. The van der Waals surface area contributed by atoms with Crippen LogP contribution in [0.2, 0.25) is 10.0 Å². The molecular formula is C18H12Cl2N2O3S2. The molecule has 1 N–H and O–H groups in total. The number of halogens is 2. The maximum Gasteiger partial charge on any atom is 0.285 e. The number of ether oxygens (including phenoxy) is 1. The fourth-order valence-corrected chi connectivity index (χ4v) is 3.80. The minimum Gasteiger partial charge on any atom is -0.482 e. The first-order valence-electron chi connectivity index (χ1n) is 7.64. The zero-order valence-corrected chi connectivity index (χ0v) is 16.8. The van der Waals surface area contributed by atoms with Crippen molar-refractivity contribution < 1.29 is 14.3 Å². The summed E-state index contributed by atoms with van der Waals surface area (Å²) in [5.41, 5.74) is 3.31. The Morgan fingerprint density at radius 3 is 2.67 bits per heavy atom. The van der Waals surface area contributed by atoms with Gasteiger partial charge in [-0.3, -0.25) is 15.0 Å². The molecule has 0 atom stereocenters. The van der Waals surface area contributed by atoms with Gasteiger partial charge in [0, 0.05) is 5.02 Å². The predicted octanol–water partition coefficient (Wildman–Crippen LogP) is 4.30. The second kappa shape index (κ2) is 8.75. The summed E-state index contributed by atoms with van der Waals surface area (Å²) in [6.07, 6.45) is 1.72. The van der Waals surface area contributed by atoms with Crippen LogP contribution in [-0.2, 0) is 9.59 Å². The smallest absolute Gasteiger partial charge is 0.285 e. The van der Waals surface area contributed by atoms with E-state index in [1.165, 1.54) is 6.07 Å². The molecule has 0 unspecified atom stereocenters. The van der Waals surface area contributed by atoms with Crippen LogP contribution in [0, 0.1) is 0 Å². The van der Waals surface area contributed by atoms with Crippen molar-refractivity contribution in [1.82, 2.24) is 10.4 Å². The first-order valence-corrected chi connectivity index (χ1v) is 9.62. The largest absolute Gasteiger partial charge is 0.482 e. The summed E-state index contributed by atoms with van der Waals surface area (Å²) in [6, 6.07) is 14.0. The van der Waals surface area contributed by atoms with Crippen LogP contribution in [-0.4, -0.2) is 27.8 Å². The molecule has 2 aromatic carbocycles. The lowest BCUT2D eigenvalue weighted by Crippen LogP contribution is -2.46. The summed E-state index contributed by atoms with van der Waals surface area (Å²) in [6.45, 7) is -0.337. The van der Waals surface area contributed by atoms with E-state index in [1.807, 2.05) is 30.3 Å². The van der Waals surface area contributed by atoms with Gasteiger partial charge in [-0.2, -0.15) is 5.01 Å². The van der Waals surface area contributed by atoms with Crippen LogP contribution in [0.5, 0.6) is 5.75 Å². The Bertz CT molecular complexity index is 935. The summed E-state index contributed by atoms with van der Waals surface area (Å²) in [7, 11) is 0. The van der Waals surface area contributed by atoms with Gasteiger partial charge in [-0.25, -0.2) is 0 Å². The third-order valence-corrected chi connectivity index (χ3v) is 5.21. The Kier molecular flexibility index (Phi) is 6.38. The molecule has 5 nitrogen and oxygen atoms in total. The predicted molar refractivity (Wildman–Crippen MR) is 112 cm³/mol. The summed E-state index contributed by atoms with van der Waals surface area (Å²) in [5.74, 6) is -0.629. The van der Waals surface area contributed by atoms with Crippen LogP contribution in [0.1, 0.15) is 5.56 Å². The Morgan fingerprint density at radius 1 is 1.22 bits per heavy atom. The number of thiocarbonyl (C=S) groups is 1. The van der Waals surface area contributed by atoms with Crippen molar-refractivity contribution in [2.75, 3.05) is 6.61 Å². The van der Waals surface area contributed by atoms with Gasteiger partial charge in [-0.15, -0.1) is 0 Å². The molecule has 0 aliphatic carbocycles. The van der Waals surface area contributed by atoms with E-state index < -0.39 is 11.8 Å². The Balaban J connectivity index is 1.61. The molecular weight excluding hydrogens is 427 g/mol. The van der Waals surface area contributed by atoms with Crippen molar-refractivity contribution in [3.05, 3.63) is 69.0 Å². The number of rotatable bonds is 5. The average molecular weight is 439 g/mol. The fraction of sp³-hybridized carbons (Fsp3) is 0.0556. The molecule has 2 amide bonds. The highest BCUT2D eigenvalue weighted by Crippen LogP contribution is 2.31. The zero-order chi connectivity index (χ0) is 19.4. The number of nitrogens with zero attached hydrogens (tertiary/aromatic N) is 1. The fourth-order valence-electron chi connectivity index (χ4n) is 2.16. The first-order chi connectivity index (χ1) is 12.9. The zero-order valence-electron chi connectivity index (χ0n) is 13.6. The molecule has 1 heterocycles. The van der Waals surface area contributed by atoms with Gasteiger partial charge in [0.1, 0.15) is 5.75 Å². The highest BCUT2D eigenvalue weighted by atomic mass is 35.5. The number of carbonyl (C=O) groups excluding carboxylic acids is 2. The monoisotopic (exact) mass is 438 g/mol. The molecule has 27 heavy (non-hydrogen) atoms. The van der Waals surface area contributed by atoms with Crippen molar-refractivity contribution in [2.24, 2.45) is 0 Å². The quantitative estimate of drug-likeness (QED) is 0.556. The third kappa shape index (κ3) is 5.01. The maximum atomic E-state index is 12.5. The number of hydrogen-bond donors (Lipinski definition) is 1. The standard InChI is InChI=1S/C18H12Cl2N2O3S2/c19-12-6-7-14(13(20)9-12)25-10-16(23)21-22-17(24)15(27-18(22)26)8-11-4-2-1-3-5-11/h1-9H,10H2,(H,21,23)/b15-8-. The number of amides is 2. The first kappa shape index (κ1) is 19.7. The minimum atomic E-state index is -0.543. The van der Waals surface area contributed by atoms with Gasteiger partial charge in [-0.1, -0.05) is 65.3 Å². The number of nitrogens with one attached hydrogen (secondary N) is 1. The summed E-state index contributed by atoms with van der Waals surface area (Å²) < 4.78 is 5.59. The lowest BCUT2D eigenvalue weighted by Gasteiger charge is -2.16. The van der Waals surface area contributed by atoms with Crippen molar-refractivity contribution in [3.63, 3.8) is 0 Å². The molecule has 0 aromatic heterocycles. The molecule has 0 radical (unpaired) electrons. The number of carbonyl (C=O) groups is 2. The van der Waals surface area contributed by atoms with Crippen molar-refractivity contribution >= 4 is 69.4 Å². The summed E-state index contributed by atoms with van der Waals surface area (Å²) >= 11 is 18.1. The lowest BCUT2D eigenvalue weighted by molar-refractivity contribution is -0.134. The van der Waals surface area contributed by atoms with E-state index in [2.05, 4.69) is 5.43 Å². The van der Waals surface area contributed by atoms with Crippen LogP contribution in [0.3, 0.4) is 0 Å². The molecule has 0 bridgehead atoms. The molecule has 0 spiro atoms. The Labute approximate surface area is 175 Å². The van der Waals surface area contributed by atoms with Gasteiger partial charge in [0.25, 0.3) is 11.8 Å². The Morgan fingerprint density at radius 2 is 1.96 bits per heavy atom. The Hall–Kier alpha value is -2.06. The van der Waals surface area contributed by atoms with Gasteiger partial charge in [0.05, 0.1) is 9.93 Å². The van der Waals surface area contributed by atoms with Crippen molar-refractivity contribution in [2.45, 2.75) is 0 Å².